The summed E-state index contributed by atoms with van der Waals surface area (Å²) in [5, 5.41) is 1.55. The minimum atomic E-state index is -1.51. The fourth-order valence-electron chi connectivity index (χ4n) is 3.20. The normalized spacial score (nSPS) is 16.6. The van der Waals surface area contributed by atoms with Crippen LogP contribution < -0.4 is 0 Å². The van der Waals surface area contributed by atoms with Crippen LogP contribution in [0.3, 0.4) is 0 Å². The Balaban J connectivity index is 2.11. The van der Waals surface area contributed by atoms with E-state index in [4.69, 9.17) is 0 Å². The van der Waals surface area contributed by atoms with Crippen molar-refractivity contribution in [2.45, 2.75) is 26.9 Å². The Bertz CT molecular complexity index is 748. The van der Waals surface area contributed by atoms with Crippen LogP contribution in [0.1, 0.15) is 22.3 Å². The summed E-state index contributed by atoms with van der Waals surface area (Å²) in [4.78, 5) is 0. The zero-order chi connectivity index (χ0) is 15.0. The van der Waals surface area contributed by atoms with Gasteiger partial charge in [-0.2, -0.15) is 0 Å². The summed E-state index contributed by atoms with van der Waals surface area (Å²) in [6, 6.07) is 17.4. The van der Waals surface area contributed by atoms with Crippen molar-refractivity contribution >= 4 is 18.8 Å². The van der Waals surface area contributed by atoms with Crippen LogP contribution in [0.15, 0.2) is 60.3 Å². The molecule has 0 bridgehead atoms. The van der Waals surface area contributed by atoms with E-state index in [1.807, 2.05) is 0 Å². The molecule has 106 valence electrons. The standard InChI is InChI=1S/C20H22Si/c1-15-9-5-7-11-18(15)17-13-20(21(3,4)14-17)19-12-8-6-10-16(19)2/h5-14H,1-4H3. The molecule has 0 atom stereocenters. The van der Waals surface area contributed by atoms with Gasteiger partial charge >= 0.3 is 0 Å². The molecule has 3 rings (SSSR count). The predicted octanol–water partition coefficient (Wildman–Crippen LogP) is 5.57. The van der Waals surface area contributed by atoms with Gasteiger partial charge in [0.15, 0.2) is 0 Å². The van der Waals surface area contributed by atoms with Crippen molar-refractivity contribution in [1.82, 2.24) is 0 Å². The fraction of sp³-hybridized carbons (Fsp3) is 0.200. The molecule has 0 N–H and O–H groups in total. The summed E-state index contributed by atoms with van der Waals surface area (Å²) in [5.74, 6) is 0. The minimum absolute atomic E-state index is 1.36. The molecule has 2 aromatic rings. The van der Waals surface area contributed by atoms with Crippen molar-refractivity contribution in [3.63, 3.8) is 0 Å². The monoisotopic (exact) mass is 290 g/mol. The lowest BCUT2D eigenvalue weighted by atomic mass is 10.0. The average Bonchev–Trinajstić information content (AvgIpc) is 2.75. The van der Waals surface area contributed by atoms with Gasteiger partial charge in [0.05, 0.1) is 0 Å². The van der Waals surface area contributed by atoms with Crippen LogP contribution >= 0.6 is 0 Å². The van der Waals surface area contributed by atoms with Gasteiger partial charge in [-0.05, 0) is 46.9 Å². The Kier molecular flexibility index (Phi) is 3.46. The summed E-state index contributed by atoms with van der Waals surface area (Å²) in [7, 11) is -1.51. The molecule has 0 aromatic heterocycles. The van der Waals surface area contributed by atoms with E-state index in [0.29, 0.717) is 0 Å². The number of benzene rings is 2. The second-order valence-corrected chi connectivity index (χ2v) is 10.8. The molecule has 1 aliphatic rings. The molecule has 0 aliphatic carbocycles. The molecular weight excluding hydrogens is 268 g/mol. The molecule has 1 aliphatic heterocycles. The summed E-state index contributed by atoms with van der Waals surface area (Å²) in [5.41, 5.74) is 9.48. The van der Waals surface area contributed by atoms with Crippen LogP contribution in [-0.4, -0.2) is 8.07 Å². The summed E-state index contributed by atoms with van der Waals surface area (Å²) >= 11 is 0. The van der Waals surface area contributed by atoms with Gasteiger partial charge in [0, 0.05) is 0 Å². The van der Waals surface area contributed by atoms with Gasteiger partial charge in [-0.1, -0.05) is 73.4 Å². The van der Waals surface area contributed by atoms with Gasteiger partial charge in [0.2, 0.25) is 0 Å². The van der Waals surface area contributed by atoms with Crippen LogP contribution in [0.25, 0.3) is 10.8 Å². The third-order valence-corrected chi connectivity index (χ3v) is 7.24. The molecule has 0 amide bonds. The quantitative estimate of drug-likeness (QED) is 0.634. The van der Waals surface area contributed by atoms with E-state index in [-0.39, 0.29) is 0 Å². The zero-order valence-corrected chi connectivity index (χ0v) is 14.3. The first-order valence-electron chi connectivity index (χ1n) is 7.56. The van der Waals surface area contributed by atoms with Crippen molar-refractivity contribution in [2.24, 2.45) is 0 Å². The van der Waals surface area contributed by atoms with Gasteiger partial charge in [0.25, 0.3) is 0 Å². The van der Waals surface area contributed by atoms with Crippen LogP contribution in [-0.2, 0) is 0 Å². The Morgan fingerprint density at radius 1 is 0.714 bits per heavy atom. The minimum Gasteiger partial charge on any atom is -0.0824 e. The van der Waals surface area contributed by atoms with Crippen LogP contribution in [0, 0.1) is 13.8 Å². The van der Waals surface area contributed by atoms with Crippen LogP contribution in [0.2, 0.25) is 13.1 Å². The van der Waals surface area contributed by atoms with Crippen molar-refractivity contribution in [3.05, 3.63) is 82.6 Å². The number of aryl methyl sites for hydroxylation is 2. The molecule has 0 nitrogen and oxygen atoms in total. The van der Waals surface area contributed by atoms with E-state index in [9.17, 15) is 0 Å². The van der Waals surface area contributed by atoms with Gasteiger partial charge < -0.3 is 0 Å². The molecule has 1 heterocycles. The highest BCUT2D eigenvalue weighted by molar-refractivity contribution is 7.00. The second kappa shape index (κ2) is 5.16. The highest BCUT2D eigenvalue weighted by Gasteiger charge is 2.31. The van der Waals surface area contributed by atoms with E-state index in [1.165, 1.54) is 27.8 Å². The van der Waals surface area contributed by atoms with Crippen LogP contribution in [0.4, 0.5) is 0 Å². The van der Waals surface area contributed by atoms with E-state index >= 15 is 0 Å². The molecule has 0 saturated carbocycles. The SMILES string of the molecule is Cc1ccccc1C1=C[Si](C)(C)C(c2ccccc2C)=C1. The van der Waals surface area contributed by atoms with Crippen LogP contribution in [0.5, 0.6) is 0 Å². The first kappa shape index (κ1) is 14.1. The number of allylic oxidation sites excluding steroid dienone is 2. The molecule has 0 fully saturated rings. The third-order valence-electron chi connectivity index (χ3n) is 4.40. The van der Waals surface area contributed by atoms with E-state index in [1.54, 1.807) is 5.20 Å². The summed E-state index contributed by atoms with van der Waals surface area (Å²) in [6.07, 6.45) is 2.43. The number of hydrogen-bond acceptors (Lipinski definition) is 0. The summed E-state index contributed by atoms with van der Waals surface area (Å²) < 4.78 is 0. The summed E-state index contributed by atoms with van der Waals surface area (Å²) in [6.45, 7) is 9.30. The molecule has 21 heavy (non-hydrogen) atoms. The van der Waals surface area contributed by atoms with Gasteiger partial charge in [-0.15, -0.1) is 0 Å². The lowest BCUT2D eigenvalue weighted by Crippen LogP contribution is -2.23. The maximum absolute atomic E-state index is 2.54. The van der Waals surface area contributed by atoms with E-state index < -0.39 is 8.07 Å². The number of rotatable bonds is 2. The Morgan fingerprint density at radius 2 is 1.24 bits per heavy atom. The predicted molar refractivity (Wildman–Crippen MR) is 95.8 cm³/mol. The lowest BCUT2D eigenvalue weighted by molar-refractivity contribution is 1.43. The largest absolute Gasteiger partial charge is 0.105 e. The van der Waals surface area contributed by atoms with Crippen molar-refractivity contribution < 1.29 is 0 Å². The average molecular weight is 290 g/mol. The van der Waals surface area contributed by atoms with Gasteiger partial charge in [-0.3, -0.25) is 0 Å². The molecule has 0 radical (unpaired) electrons. The Labute approximate surface area is 128 Å². The maximum Gasteiger partial charge on any atom is 0.105 e. The topological polar surface area (TPSA) is 0 Å². The lowest BCUT2D eigenvalue weighted by Gasteiger charge is -2.20. The van der Waals surface area contributed by atoms with Gasteiger partial charge in [-0.25, -0.2) is 0 Å². The maximum atomic E-state index is 2.54. The van der Waals surface area contributed by atoms with E-state index in [0.717, 1.165) is 0 Å². The van der Waals surface area contributed by atoms with E-state index in [2.05, 4.69) is 87.2 Å². The van der Waals surface area contributed by atoms with Crippen molar-refractivity contribution in [2.75, 3.05) is 0 Å². The Hall–Kier alpha value is -1.86. The zero-order valence-electron chi connectivity index (χ0n) is 13.3. The highest BCUT2D eigenvalue weighted by atomic mass is 28.3. The fourth-order valence-corrected chi connectivity index (χ4v) is 5.88. The van der Waals surface area contributed by atoms with Crippen molar-refractivity contribution in [3.8, 4) is 0 Å². The smallest absolute Gasteiger partial charge is 0.0824 e. The first-order chi connectivity index (χ1) is 9.99. The van der Waals surface area contributed by atoms with Crippen molar-refractivity contribution in [1.29, 1.82) is 0 Å². The number of hydrogen-bond donors (Lipinski definition) is 0. The highest BCUT2D eigenvalue weighted by Crippen LogP contribution is 2.39. The molecule has 0 unspecified atom stereocenters. The first-order valence-corrected chi connectivity index (χ1v) is 10.6. The second-order valence-electron chi connectivity index (χ2n) is 6.51. The molecule has 1 heteroatoms. The molecular formula is C20H22Si. The molecule has 0 saturated heterocycles. The molecule has 0 spiro atoms. The third kappa shape index (κ3) is 2.54. The molecule has 2 aromatic carbocycles. The van der Waals surface area contributed by atoms with Gasteiger partial charge in [0.1, 0.15) is 8.07 Å². The Morgan fingerprint density at radius 3 is 1.81 bits per heavy atom.